The summed E-state index contributed by atoms with van der Waals surface area (Å²) in [6.07, 6.45) is 5.74. The molecule has 0 atom stereocenters. The van der Waals surface area contributed by atoms with Gasteiger partial charge in [0.2, 0.25) is 0 Å². The van der Waals surface area contributed by atoms with Crippen molar-refractivity contribution in [1.29, 1.82) is 0 Å². The van der Waals surface area contributed by atoms with Gasteiger partial charge in [-0.3, -0.25) is 0 Å². The van der Waals surface area contributed by atoms with Crippen molar-refractivity contribution in [3.8, 4) is 11.1 Å². The summed E-state index contributed by atoms with van der Waals surface area (Å²) in [6.45, 7) is 0.315. The minimum atomic E-state index is 0.200. The third-order valence-electron chi connectivity index (χ3n) is 4.63. The molecule has 0 unspecified atom stereocenters. The Kier molecular flexibility index (Phi) is 7.35. The zero-order chi connectivity index (χ0) is 17.5. The lowest BCUT2D eigenvalue weighted by molar-refractivity contribution is 0.282. The highest BCUT2D eigenvalue weighted by Gasteiger charge is 2.34. The van der Waals surface area contributed by atoms with E-state index in [0.717, 1.165) is 17.3 Å². The molecule has 3 rings (SSSR count). The van der Waals surface area contributed by atoms with Crippen LogP contribution in [0.5, 0.6) is 0 Å². The van der Waals surface area contributed by atoms with Crippen molar-refractivity contribution in [2.24, 2.45) is 0 Å². The summed E-state index contributed by atoms with van der Waals surface area (Å²) in [7, 11) is 0. The number of rotatable bonds is 7. The summed E-state index contributed by atoms with van der Waals surface area (Å²) in [5, 5.41) is 9.03. The van der Waals surface area contributed by atoms with Crippen LogP contribution in [0, 0.1) is 0 Å². The molecule has 1 nitrogen and oxygen atoms in total. The zero-order valence-corrected chi connectivity index (χ0v) is 17.6. The van der Waals surface area contributed by atoms with E-state index < -0.39 is 0 Å². The van der Waals surface area contributed by atoms with Gasteiger partial charge in [0, 0.05) is 11.1 Å². The molecule has 0 saturated carbocycles. The van der Waals surface area contributed by atoms with Crippen molar-refractivity contribution in [3.05, 3.63) is 58.6 Å². The van der Waals surface area contributed by atoms with Crippen molar-refractivity contribution < 1.29 is 5.11 Å². The van der Waals surface area contributed by atoms with Gasteiger partial charge >= 0.3 is 0 Å². The Morgan fingerprint density at radius 3 is 2.04 bits per heavy atom. The number of hydrogen-bond acceptors (Lipinski definition) is 3. The number of unbranched alkanes of at least 4 members (excludes halogenated alkanes) is 2. The van der Waals surface area contributed by atoms with Crippen molar-refractivity contribution in [1.82, 2.24) is 0 Å². The lowest BCUT2D eigenvalue weighted by Crippen LogP contribution is -2.22. The number of aliphatic hydroxyl groups is 1. The third kappa shape index (κ3) is 5.06. The summed E-state index contributed by atoms with van der Waals surface area (Å²) in [5.74, 6) is 2.50. The van der Waals surface area contributed by atoms with E-state index >= 15 is 0 Å². The first-order valence-corrected chi connectivity index (χ1v) is 11.8. The fourth-order valence-corrected chi connectivity index (χ4v) is 6.94. The van der Waals surface area contributed by atoms with Crippen LogP contribution in [-0.4, -0.2) is 23.2 Å². The van der Waals surface area contributed by atoms with Crippen molar-refractivity contribution >= 4 is 39.5 Å². The molecular formula is C21H25BrOS2. The minimum absolute atomic E-state index is 0.200. The number of halogens is 1. The molecular weight excluding hydrogens is 412 g/mol. The van der Waals surface area contributed by atoms with Crippen LogP contribution in [0.3, 0.4) is 0 Å². The van der Waals surface area contributed by atoms with E-state index in [1.54, 1.807) is 0 Å². The monoisotopic (exact) mass is 436 g/mol. The molecule has 1 aliphatic rings. The zero-order valence-electron chi connectivity index (χ0n) is 14.4. The Hall–Kier alpha value is -0.420. The molecule has 1 heterocycles. The lowest BCUT2D eigenvalue weighted by atomic mass is 10.0. The van der Waals surface area contributed by atoms with Gasteiger partial charge in [-0.15, -0.1) is 23.5 Å². The van der Waals surface area contributed by atoms with Crippen LogP contribution < -0.4 is 0 Å². The normalized spacial score (nSPS) is 16.7. The molecule has 2 aromatic carbocycles. The van der Waals surface area contributed by atoms with E-state index in [-0.39, 0.29) is 4.08 Å². The van der Waals surface area contributed by atoms with E-state index in [4.69, 9.17) is 5.11 Å². The minimum Gasteiger partial charge on any atom is -0.396 e. The van der Waals surface area contributed by atoms with Crippen molar-refractivity contribution in [2.45, 2.75) is 36.2 Å². The van der Waals surface area contributed by atoms with E-state index in [0.29, 0.717) is 6.61 Å². The first-order chi connectivity index (χ1) is 12.2. The Bertz CT molecular complexity index is 649. The van der Waals surface area contributed by atoms with Crippen molar-refractivity contribution in [3.63, 3.8) is 0 Å². The maximum absolute atomic E-state index is 9.03. The molecule has 1 fully saturated rings. The highest BCUT2D eigenvalue weighted by atomic mass is 79.9. The molecule has 1 aliphatic heterocycles. The molecule has 0 radical (unpaired) electrons. The van der Waals surface area contributed by atoms with Crippen LogP contribution in [0.25, 0.3) is 11.1 Å². The Morgan fingerprint density at radius 2 is 1.44 bits per heavy atom. The average molecular weight is 437 g/mol. The van der Waals surface area contributed by atoms with Gasteiger partial charge in [-0.05, 0) is 59.6 Å². The molecule has 0 aromatic heterocycles. The van der Waals surface area contributed by atoms with E-state index in [9.17, 15) is 0 Å². The molecule has 0 amide bonds. The number of thioether (sulfide) groups is 2. The first kappa shape index (κ1) is 19.3. The maximum atomic E-state index is 9.03. The average Bonchev–Trinajstić information content (AvgIpc) is 2.67. The molecule has 1 N–H and O–H groups in total. The summed E-state index contributed by atoms with van der Waals surface area (Å²) >= 11 is 7.74. The fourth-order valence-electron chi connectivity index (χ4n) is 3.24. The number of hydrogen-bond donors (Lipinski definition) is 1. The van der Waals surface area contributed by atoms with Gasteiger partial charge in [0.15, 0.2) is 0 Å². The van der Waals surface area contributed by atoms with E-state index in [2.05, 4.69) is 88.0 Å². The molecule has 2 aromatic rings. The summed E-state index contributed by atoms with van der Waals surface area (Å²) in [5.41, 5.74) is 3.99. The second-order valence-electron chi connectivity index (χ2n) is 6.42. The Morgan fingerprint density at radius 1 is 0.840 bits per heavy atom. The summed E-state index contributed by atoms with van der Waals surface area (Å²) in [6, 6.07) is 17.7. The Labute approximate surface area is 168 Å². The molecule has 25 heavy (non-hydrogen) atoms. The van der Waals surface area contributed by atoms with Crippen LogP contribution >= 0.6 is 39.5 Å². The molecule has 4 heteroatoms. The topological polar surface area (TPSA) is 20.2 Å². The summed E-state index contributed by atoms with van der Waals surface area (Å²) < 4.78 is 1.32. The van der Waals surface area contributed by atoms with Gasteiger partial charge in [-0.2, -0.15) is 0 Å². The Balaban J connectivity index is 1.77. The number of aliphatic hydroxyl groups excluding tert-OH is 1. The highest BCUT2D eigenvalue weighted by Crippen LogP contribution is 2.53. The van der Waals surface area contributed by atoms with E-state index in [1.807, 2.05) is 0 Å². The first-order valence-electron chi connectivity index (χ1n) is 8.99. The molecule has 134 valence electrons. The lowest BCUT2D eigenvalue weighted by Gasteiger charge is -2.37. The van der Waals surface area contributed by atoms with E-state index in [1.165, 1.54) is 47.5 Å². The molecule has 0 spiro atoms. The maximum Gasteiger partial charge on any atom is 0.0860 e. The standard InChI is InChI=1S/C21H25BrOS2/c22-20-11-7-18(8-12-20)17-5-9-19(10-6-17)21(13-2-1-3-14-23)24-15-4-16-25-21/h5-12,23H,1-4,13-16H2. The van der Waals surface area contributed by atoms with Gasteiger partial charge in [-0.1, -0.05) is 65.2 Å². The molecule has 1 saturated heterocycles. The van der Waals surface area contributed by atoms with Gasteiger partial charge < -0.3 is 5.11 Å². The SMILES string of the molecule is OCCCCCC1(c2ccc(-c3ccc(Br)cc3)cc2)SCCCS1. The predicted molar refractivity (Wildman–Crippen MR) is 116 cm³/mol. The molecule has 0 aliphatic carbocycles. The largest absolute Gasteiger partial charge is 0.396 e. The predicted octanol–water partition coefficient (Wildman–Crippen LogP) is 6.69. The smallest absolute Gasteiger partial charge is 0.0860 e. The fraction of sp³-hybridized carbons (Fsp3) is 0.429. The quantitative estimate of drug-likeness (QED) is 0.487. The van der Waals surface area contributed by atoms with Crippen LogP contribution in [0.15, 0.2) is 53.0 Å². The van der Waals surface area contributed by atoms with Crippen molar-refractivity contribution in [2.75, 3.05) is 18.1 Å². The number of benzene rings is 2. The molecule has 0 bridgehead atoms. The van der Waals surface area contributed by atoms with Crippen LogP contribution in [0.4, 0.5) is 0 Å². The van der Waals surface area contributed by atoms with Gasteiger partial charge in [0.25, 0.3) is 0 Å². The van der Waals surface area contributed by atoms with Gasteiger partial charge in [-0.25, -0.2) is 0 Å². The van der Waals surface area contributed by atoms with Crippen LogP contribution in [0.2, 0.25) is 0 Å². The highest BCUT2D eigenvalue weighted by molar-refractivity contribution is 9.10. The second kappa shape index (κ2) is 9.50. The third-order valence-corrected chi connectivity index (χ3v) is 8.66. The van der Waals surface area contributed by atoms with Crippen LogP contribution in [0.1, 0.15) is 37.7 Å². The summed E-state index contributed by atoms with van der Waals surface area (Å²) in [4.78, 5) is 0. The van der Waals surface area contributed by atoms with Gasteiger partial charge in [0.1, 0.15) is 0 Å². The van der Waals surface area contributed by atoms with Crippen LogP contribution in [-0.2, 0) is 4.08 Å². The van der Waals surface area contributed by atoms with Gasteiger partial charge in [0.05, 0.1) is 4.08 Å². The second-order valence-corrected chi connectivity index (χ2v) is 10.4.